The first-order valence-electron chi connectivity index (χ1n) is 24.4. The molecule has 69 heavy (non-hydrogen) atoms. The minimum Gasteiger partial charge on any atom is -0.489 e. The number of hydrogen-bond acceptors (Lipinski definition) is 14. The molecular weight excluding hydrogens is 901 g/mol. The molecule has 17 nitrogen and oxygen atoms in total. The maximum absolute atomic E-state index is 14.2. The van der Waals surface area contributed by atoms with Crippen LogP contribution in [0.1, 0.15) is 92.7 Å². The quantitative estimate of drug-likeness (QED) is 0.0812. The Balaban J connectivity index is 0.797. The summed E-state index contributed by atoms with van der Waals surface area (Å²) in [5.41, 5.74) is 4.26. The summed E-state index contributed by atoms with van der Waals surface area (Å²) in [6.07, 6.45) is 9.88. The lowest BCUT2D eigenvalue weighted by atomic mass is 9.59. The number of H-pyrrole nitrogens is 1. The highest BCUT2D eigenvalue weighted by Crippen LogP contribution is 2.54. The first-order valence-corrected chi connectivity index (χ1v) is 25.9. The summed E-state index contributed by atoms with van der Waals surface area (Å²) < 4.78 is 54.3. The molecule has 1 spiro atoms. The minimum absolute atomic E-state index is 0.0175. The molecule has 3 N–H and O–H groups in total. The van der Waals surface area contributed by atoms with Gasteiger partial charge in [0.05, 0.1) is 59.6 Å². The van der Waals surface area contributed by atoms with Crippen molar-refractivity contribution in [3.8, 4) is 17.2 Å². The van der Waals surface area contributed by atoms with E-state index in [1.807, 2.05) is 12.1 Å². The maximum Gasteiger partial charge on any atom is 0.297 e. The van der Waals surface area contributed by atoms with Crippen molar-refractivity contribution in [2.45, 2.75) is 106 Å². The molecule has 4 saturated heterocycles. The van der Waals surface area contributed by atoms with E-state index in [-0.39, 0.29) is 47.5 Å². The molecule has 5 aromatic rings. The van der Waals surface area contributed by atoms with Gasteiger partial charge >= 0.3 is 0 Å². The molecular formula is C51H60N8O9S. The molecule has 0 radical (unpaired) electrons. The Morgan fingerprint density at radius 3 is 2.57 bits per heavy atom. The fraction of sp³-hybridized carbons (Fsp3) is 0.490. The molecule has 11 rings (SSSR count). The van der Waals surface area contributed by atoms with E-state index in [9.17, 15) is 23.3 Å². The van der Waals surface area contributed by atoms with Gasteiger partial charge < -0.3 is 34.1 Å². The number of carbonyl (C=O) groups excluding carboxylic acids is 1. The number of aromatic nitrogens is 2. The predicted molar refractivity (Wildman–Crippen MR) is 260 cm³/mol. The number of nitro benzene ring substituents is 1. The standard InChI is InChI=1S/C51H60N8O9S/c1-31(2)39-7-4-5-8-40(39)43-9-6-16-57(43)35-23-51(24-35)13-17-56(18-14-51)34-10-11-41(45(20-34)68-37-19-33-12-15-52-49(33)53-25-37)50(60)55-69(63,64)38-21-44(59(61)62)48-46(22-38)67-30-42(54-48)47-26-58(32(3)27-66-47)36-28-65-29-36/h4-5,7-8,10-12,15,19-22,25,31-32,35-36,42-43,47,54H,6,9,13-14,16-18,23-24,26-30H2,1-3H3,(H,52,53)(H,55,60)/t32-,42+,43+,47-/m1/s1. The van der Waals surface area contributed by atoms with Crippen LogP contribution >= 0.6 is 0 Å². The van der Waals surface area contributed by atoms with Crippen molar-refractivity contribution in [3.63, 3.8) is 0 Å². The SMILES string of the molecule is CC(C)c1ccccc1[C@@H]1CCCN1C1CC2(CCN(c3ccc(C(=O)NS(=O)(=O)c4cc5c(c([N+](=O)[O-])c4)N[C@H]([C@H]4CN(C6COC6)[C@H](C)CO4)CO5)c(Oc4cnc5[nH]ccc5c4)c3)CC2)C1. The molecule has 18 heteroatoms. The molecule has 0 bridgehead atoms. The summed E-state index contributed by atoms with van der Waals surface area (Å²) in [6, 6.07) is 21.0. The van der Waals surface area contributed by atoms with Crippen LogP contribution in [0.4, 0.5) is 17.1 Å². The van der Waals surface area contributed by atoms with Gasteiger partial charge in [-0.05, 0) is 98.7 Å². The molecule has 1 saturated carbocycles. The molecule has 6 aliphatic rings. The fourth-order valence-electron chi connectivity index (χ4n) is 11.7. The summed E-state index contributed by atoms with van der Waals surface area (Å²) in [5.74, 6) is 0.00236. The number of pyridine rings is 1. The second-order valence-corrected chi connectivity index (χ2v) is 22.0. The molecule has 1 aliphatic carbocycles. The largest absolute Gasteiger partial charge is 0.489 e. The number of aromatic amines is 1. The van der Waals surface area contributed by atoms with Gasteiger partial charge in [0.15, 0.2) is 11.4 Å². The number of hydrogen-bond donors (Lipinski definition) is 3. The number of nitrogens with one attached hydrogen (secondary N) is 3. The number of rotatable bonds is 12. The van der Waals surface area contributed by atoms with Gasteiger partial charge in [-0.15, -0.1) is 0 Å². The summed E-state index contributed by atoms with van der Waals surface area (Å²) >= 11 is 0. The van der Waals surface area contributed by atoms with E-state index in [0.717, 1.165) is 49.6 Å². The average Bonchev–Trinajstić information content (AvgIpc) is 4.00. The van der Waals surface area contributed by atoms with Crippen LogP contribution in [0.3, 0.4) is 0 Å². The molecule has 7 heterocycles. The Hall–Kier alpha value is -5.79. The molecule has 1 amide bonds. The molecule has 4 atom stereocenters. The van der Waals surface area contributed by atoms with Crippen LogP contribution in [0, 0.1) is 15.5 Å². The first kappa shape index (κ1) is 45.6. The van der Waals surface area contributed by atoms with Crippen molar-refractivity contribution >= 4 is 44.0 Å². The van der Waals surface area contributed by atoms with Gasteiger partial charge in [-0.2, -0.15) is 0 Å². The summed E-state index contributed by atoms with van der Waals surface area (Å²) in [4.78, 5) is 40.5. The normalized spacial score (nSPS) is 24.3. The fourth-order valence-corrected chi connectivity index (χ4v) is 12.7. The van der Waals surface area contributed by atoms with Crippen LogP contribution < -0.4 is 24.4 Å². The summed E-state index contributed by atoms with van der Waals surface area (Å²) in [6.45, 7) is 11.9. The van der Waals surface area contributed by atoms with Gasteiger partial charge in [-0.3, -0.25) is 24.7 Å². The third-order valence-electron chi connectivity index (χ3n) is 15.7. The van der Waals surface area contributed by atoms with Crippen molar-refractivity contribution < 1.29 is 37.1 Å². The Morgan fingerprint density at radius 1 is 0.986 bits per heavy atom. The van der Waals surface area contributed by atoms with Crippen molar-refractivity contribution in [2.75, 3.05) is 62.8 Å². The molecule has 3 aromatic carbocycles. The lowest BCUT2D eigenvalue weighted by molar-refractivity contribution is -0.384. The van der Waals surface area contributed by atoms with Gasteiger partial charge in [-0.25, -0.2) is 18.1 Å². The van der Waals surface area contributed by atoms with Crippen LogP contribution in [-0.4, -0.2) is 122 Å². The Bertz CT molecular complexity index is 2870. The van der Waals surface area contributed by atoms with Crippen LogP contribution in [0.2, 0.25) is 0 Å². The zero-order valence-electron chi connectivity index (χ0n) is 39.3. The number of anilines is 2. The molecule has 2 aromatic heterocycles. The smallest absolute Gasteiger partial charge is 0.297 e. The lowest BCUT2D eigenvalue weighted by Gasteiger charge is -2.56. The number of sulfonamides is 1. The molecule has 5 fully saturated rings. The highest BCUT2D eigenvalue weighted by atomic mass is 32.2. The predicted octanol–water partition coefficient (Wildman–Crippen LogP) is 7.75. The number of ether oxygens (including phenoxy) is 4. The van der Waals surface area contributed by atoms with Crippen LogP contribution in [-0.2, 0) is 19.5 Å². The first-order chi connectivity index (χ1) is 33.3. The van der Waals surface area contributed by atoms with E-state index in [1.54, 1.807) is 30.6 Å². The molecule has 0 unspecified atom stereocenters. The number of carbonyl (C=O) groups is 1. The number of nitrogens with zero attached hydrogens (tertiary/aromatic N) is 5. The van der Waals surface area contributed by atoms with E-state index in [1.165, 1.54) is 42.9 Å². The van der Waals surface area contributed by atoms with Crippen molar-refractivity contribution in [2.24, 2.45) is 5.41 Å². The second kappa shape index (κ2) is 18.2. The van der Waals surface area contributed by atoms with E-state index >= 15 is 0 Å². The number of morpholine rings is 1. The van der Waals surface area contributed by atoms with Crippen molar-refractivity contribution in [3.05, 3.63) is 106 Å². The number of amides is 1. The van der Waals surface area contributed by atoms with Gasteiger partial charge in [0.25, 0.3) is 21.6 Å². The number of piperidine rings is 1. The zero-order chi connectivity index (χ0) is 47.6. The van der Waals surface area contributed by atoms with E-state index in [0.29, 0.717) is 61.2 Å². The summed E-state index contributed by atoms with van der Waals surface area (Å²) in [5, 5.41) is 16.5. The topological polar surface area (TPSA) is 194 Å². The highest BCUT2D eigenvalue weighted by Gasteiger charge is 2.50. The van der Waals surface area contributed by atoms with E-state index in [4.69, 9.17) is 18.9 Å². The third-order valence-corrected chi connectivity index (χ3v) is 17.0. The number of fused-ring (bicyclic) bond motifs is 2. The van der Waals surface area contributed by atoms with Crippen LogP contribution in [0.5, 0.6) is 17.2 Å². The van der Waals surface area contributed by atoms with Crippen molar-refractivity contribution in [1.29, 1.82) is 0 Å². The van der Waals surface area contributed by atoms with Gasteiger partial charge in [-0.1, -0.05) is 38.1 Å². The Kier molecular flexibility index (Phi) is 12.0. The number of likely N-dealkylation sites (tertiary alicyclic amines) is 1. The second-order valence-electron chi connectivity index (χ2n) is 20.3. The highest BCUT2D eigenvalue weighted by molar-refractivity contribution is 7.90. The van der Waals surface area contributed by atoms with Gasteiger partial charge in [0, 0.05) is 73.2 Å². The Morgan fingerprint density at radius 2 is 1.80 bits per heavy atom. The van der Waals surface area contributed by atoms with Crippen molar-refractivity contribution in [1.82, 2.24) is 24.5 Å². The lowest BCUT2D eigenvalue weighted by Crippen LogP contribution is -2.62. The van der Waals surface area contributed by atoms with Crippen LogP contribution in [0.15, 0.2) is 84.0 Å². The van der Waals surface area contributed by atoms with E-state index < -0.39 is 37.5 Å². The van der Waals surface area contributed by atoms with Gasteiger partial charge in [0.1, 0.15) is 23.8 Å². The number of nitro groups is 1. The van der Waals surface area contributed by atoms with Gasteiger partial charge in [0.2, 0.25) is 0 Å². The average molecular weight is 961 g/mol. The van der Waals surface area contributed by atoms with Crippen LogP contribution in [0.25, 0.3) is 11.0 Å². The minimum atomic E-state index is -4.68. The zero-order valence-corrected chi connectivity index (χ0v) is 40.1. The summed E-state index contributed by atoms with van der Waals surface area (Å²) in [7, 11) is -4.68. The monoisotopic (exact) mass is 960 g/mol. The third kappa shape index (κ3) is 8.79. The number of benzene rings is 3. The molecule has 364 valence electrons. The Labute approximate surface area is 402 Å². The molecule has 5 aliphatic heterocycles. The van der Waals surface area contributed by atoms with E-state index in [2.05, 4.69) is 79.7 Å². The maximum atomic E-state index is 14.2.